The molecule has 2 aliphatic rings. The molecule has 0 bridgehead atoms. The van der Waals surface area contributed by atoms with Gasteiger partial charge in [0.1, 0.15) is 0 Å². The van der Waals surface area contributed by atoms with Gasteiger partial charge in [0.25, 0.3) is 0 Å². The molecule has 2 fully saturated rings. The molecule has 0 radical (unpaired) electrons. The van der Waals surface area contributed by atoms with Gasteiger partial charge in [-0.15, -0.1) is 0 Å². The van der Waals surface area contributed by atoms with Crippen LogP contribution >= 0.6 is 0 Å². The van der Waals surface area contributed by atoms with Gasteiger partial charge in [0.2, 0.25) is 5.91 Å². The lowest BCUT2D eigenvalue weighted by Crippen LogP contribution is -2.31. The minimum absolute atomic E-state index is 0.00757. The van der Waals surface area contributed by atoms with E-state index in [-0.39, 0.29) is 12.3 Å². The zero-order valence-corrected chi connectivity index (χ0v) is 9.50. The van der Waals surface area contributed by atoms with E-state index in [1.54, 1.807) is 0 Å². The molecule has 0 aromatic carbocycles. The van der Waals surface area contributed by atoms with Gasteiger partial charge in [0.05, 0.1) is 0 Å². The summed E-state index contributed by atoms with van der Waals surface area (Å²) in [6.07, 6.45) is 6.04. The van der Waals surface area contributed by atoms with Crippen LogP contribution in [0.15, 0.2) is 0 Å². The maximum Gasteiger partial charge on any atom is 0.303 e. The first-order valence-corrected chi connectivity index (χ1v) is 6.11. The molecule has 0 spiro atoms. The van der Waals surface area contributed by atoms with Crippen molar-refractivity contribution < 1.29 is 14.7 Å². The normalized spacial score (nSPS) is 21.5. The van der Waals surface area contributed by atoms with Crippen molar-refractivity contribution in [3.05, 3.63) is 0 Å². The van der Waals surface area contributed by atoms with Crippen LogP contribution in [-0.2, 0) is 9.59 Å². The fourth-order valence-corrected chi connectivity index (χ4v) is 2.35. The first-order chi connectivity index (χ1) is 7.62. The second-order valence-electron chi connectivity index (χ2n) is 5.16. The van der Waals surface area contributed by atoms with Gasteiger partial charge in [-0.2, -0.15) is 0 Å². The van der Waals surface area contributed by atoms with Gasteiger partial charge in [0.15, 0.2) is 0 Å². The van der Waals surface area contributed by atoms with Gasteiger partial charge < -0.3 is 10.4 Å². The molecule has 90 valence electrons. The van der Waals surface area contributed by atoms with E-state index in [4.69, 9.17) is 5.11 Å². The van der Waals surface area contributed by atoms with Gasteiger partial charge in [-0.25, -0.2) is 0 Å². The lowest BCUT2D eigenvalue weighted by molar-refractivity contribution is -0.137. The molecular formula is C12H19NO3. The zero-order valence-electron chi connectivity index (χ0n) is 9.50. The summed E-state index contributed by atoms with van der Waals surface area (Å²) in [5.41, 5.74) is 0.433. The van der Waals surface area contributed by atoms with Gasteiger partial charge in [-0.1, -0.05) is 0 Å². The highest BCUT2D eigenvalue weighted by Crippen LogP contribution is 2.60. The molecule has 0 unspecified atom stereocenters. The molecule has 2 N–H and O–H groups in total. The lowest BCUT2D eigenvalue weighted by Gasteiger charge is -2.14. The number of aliphatic carboxylic acids is 1. The van der Waals surface area contributed by atoms with E-state index >= 15 is 0 Å². The summed E-state index contributed by atoms with van der Waals surface area (Å²) in [6, 6.07) is 0. The van der Waals surface area contributed by atoms with E-state index in [9.17, 15) is 9.59 Å². The van der Waals surface area contributed by atoms with Crippen LogP contribution in [0.4, 0.5) is 0 Å². The van der Waals surface area contributed by atoms with Crippen LogP contribution in [0.3, 0.4) is 0 Å². The molecular weight excluding hydrogens is 206 g/mol. The third-order valence-corrected chi connectivity index (χ3v) is 3.77. The number of rotatable bonds is 7. The van der Waals surface area contributed by atoms with Gasteiger partial charge in [-0.05, 0) is 43.4 Å². The molecule has 0 aliphatic heterocycles. The summed E-state index contributed by atoms with van der Waals surface area (Å²) < 4.78 is 0. The molecule has 4 nitrogen and oxygen atoms in total. The molecule has 2 rings (SSSR count). The Labute approximate surface area is 95.4 Å². The lowest BCUT2D eigenvalue weighted by atomic mass is 10.0. The Balaban J connectivity index is 1.59. The molecule has 2 aliphatic carbocycles. The Hall–Kier alpha value is -1.06. The highest BCUT2D eigenvalue weighted by molar-refractivity contribution is 5.76. The van der Waals surface area contributed by atoms with Crippen molar-refractivity contribution in [1.29, 1.82) is 0 Å². The van der Waals surface area contributed by atoms with E-state index in [0.29, 0.717) is 18.3 Å². The van der Waals surface area contributed by atoms with E-state index < -0.39 is 5.97 Å². The largest absolute Gasteiger partial charge is 0.481 e. The maximum atomic E-state index is 11.4. The van der Waals surface area contributed by atoms with Crippen LogP contribution in [0.5, 0.6) is 0 Å². The Bertz CT molecular complexity index is 293. The standard InChI is InChI=1S/C12H19NO3/c14-10(2-1-3-11(15)16)13-8-12(6-7-12)9-4-5-9/h9H,1-8H2,(H,13,14)(H,15,16). The van der Waals surface area contributed by atoms with Crippen molar-refractivity contribution >= 4 is 11.9 Å². The number of hydrogen-bond acceptors (Lipinski definition) is 2. The summed E-state index contributed by atoms with van der Waals surface area (Å²) in [5, 5.41) is 11.4. The van der Waals surface area contributed by atoms with E-state index in [1.165, 1.54) is 25.7 Å². The molecule has 0 aromatic heterocycles. The average molecular weight is 225 g/mol. The van der Waals surface area contributed by atoms with E-state index in [1.807, 2.05) is 0 Å². The van der Waals surface area contributed by atoms with E-state index in [2.05, 4.69) is 5.32 Å². The Morgan fingerprint density at radius 1 is 1.25 bits per heavy atom. The van der Waals surface area contributed by atoms with E-state index in [0.717, 1.165) is 12.5 Å². The Morgan fingerprint density at radius 3 is 2.44 bits per heavy atom. The molecule has 4 heteroatoms. The average Bonchev–Trinajstić information content (AvgIpc) is 3.06. The topological polar surface area (TPSA) is 66.4 Å². The summed E-state index contributed by atoms with van der Waals surface area (Å²) in [5.74, 6) is 0.0319. The fraction of sp³-hybridized carbons (Fsp3) is 0.833. The quantitative estimate of drug-likeness (QED) is 0.690. The number of amides is 1. The van der Waals surface area contributed by atoms with Crippen molar-refractivity contribution in [2.75, 3.05) is 6.54 Å². The number of carbonyl (C=O) groups excluding carboxylic acids is 1. The van der Waals surface area contributed by atoms with Gasteiger partial charge in [-0.3, -0.25) is 9.59 Å². The van der Waals surface area contributed by atoms with Crippen molar-refractivity contribution in [1.82, 2.24) is 5.32 Å². The SMILES string of the molecule is O=C(O)CCCC(=O)NCC1(C2CC2)CC1. The van der Waals surface area contributed by atoms with Crippen molar-refractivity contribution in [2.24, 2.45) is 11.3 Å². The third-order valence-electron chi connectivity index (χ3n) is 3.77. The highest BCUT2D eigenvalue weighted by Gasteiger charge is 2.53. The first kappa shape index (κ1) is 11.4. The minimum atomic E-state index is -0.829. The number of carboxylic acids is 1. The molecule has 0 atom stereocenters. The summed E-state index contributed by atoms with van der Waals surface area (Å²) in [6.45, 7) is 0.809. The third kappa shape index (κ3) is 2.97. The number of hydrogen-bond donors (Lipinski definition) is 2. The summed E-state index contributed by atoms with van der Waals surface area (Å²) in [7, 11) is 0. The van der Waals surface area contributed by atoms with Gasteiger partial charge in [0, 0.05) is 19.4 Å². The molecule has 16 heavy (non-hydrogen) atoms. The number of carbonyl (C=O) groups is 2. The van der Waals surface area contributed by atoms with Crippen LogP contribution in [0.1, 0.15) is 44.9 Å². The smallest absolute Gasteiger partial charge is 0.303 e. The Morgan fingerprint density at radius 2 is 1.94 bits per heavy atom. The van der Waals surface area contributed by atoms with Crippen molar-refractivity contribution in [2.45, 2.75) is 44.9 Å². The van der Waals surface area contributed by atoms with Crippen molar-refractivity contribution in [3.8, 4) is 0 Å². The second-order valence-corrected chi connectivity index (χ2v) is 5.16. The van der Waals surface area contributed by atoms with Crippen LogP contribution in [0, 0.1) is 11.3 Å². The molecule has 0 heterocycles. The number of carboxylic acid groups (broad SMARTS) is 1. The summed E-state index contributed by atoms with van der Waals surface area (Å²) >= 11 is 0. The monoisotopic (exact) mass is 225 g/mol. The maximum absolute atomic E-state index is 11.4. The molecule has 0 saturated heterocycles. The molecule has 1 amide bonds. The highest BCUT2D eigenvalue weighted by atomic mass is 16.4. The van der Waals surface area contributed by atoms with Crippen LogP contribution < -0.4 is 5.32 Å². The summed E-state index contributed by atoms with van der Waals surface area (Å²) in [4.78, 5) is 21.7. The van der Waals surface area contributed by atoms with Crippen LogP contribution in [0.2, 0.25) is 0 Å². The van der Waals surface area contributed by atoms with Crippen molar-refractivity contribution in [3.63, 3.8) is 0 Å². The van der Waals surface area contributed by atoms with Gasteiger partial charge >= 0.3 is 5.97 Å². The first-order valence-electron chi connectivity index (χ1n) is 6.11. The van der Waals surface area contributed by atoms with Crippen LogP contribution in [0.25, 0.3) is 0 Å². The molecule has 0 aromatic rings. The second kappa shape index (κ2) is 4.44. The Kier molecular flexibility index (Phi) is 3.17. The van der Waals surface area contributed by atoms with Crippen LogP contribution in [-0.4, -0.2) is 23.5 Å². The predicted molar refractivity (Wildman–Crippen MR) is 58.9 cm³/mol. The zero-order chi connectivity index (χ0) is 11.6. The minimum Gasteiger partial charge on any atom is -0.481 e. The number of nitrogens with one attached hydrogen (secondary N) is 1. The molecule has 2 saturated carbocycles. The predicted octanol–water partition coefficient (Wildman–Crippen LogP) is 1.55. The fourth-order valence-electron chi connectivity index (χ4n) is 2.35.